The molecule has 1 atom stereocenters. The molecule has 0 bridgehead atoms. The Morgan fingerprint density at radius 1 is 1.67 bits per heavy atom. The molecule has 0 radical (unpaired) electrons. The molecule has 0 aliphatic heterocycles. The molecule has 0 saturated heterocycles. The molecular weight excluding hydrogens is 194 g/mol. The predicted molar refractivity (Wildman–Crippen MR) is 56.1 cm³/mol. The molecule has 0 aliphatic carbocycles. The van der Waals surface area contributed by atoms with E-state index in [-0.39, 0.29) is 12.5 Å². The molecule has 82 valence electrons. The molecule has 1 heterocycles. The summed E-state index contributed by atoms with van der Waals surface area (Å²) in [5.74, 6) is -0.292. The van der Waals surface area contributed by atoms with Crippen molar-refractivity contribution in [3.63, 3.8) is 0 Å². The standard InChI is InChI=1S/C10H15N3O2/c1-7(14)5-13-10(15)9-3-2-8(4-11)6-12-9/h2-3,6-7,14H,4-5,11H2,1H3,(H,13,15)/t7-/m1/s1. The van der Waals surface area contributed by atoms with Gasteiger partial charge in [-0.05, 0) is 18.6 Å². The third-order valence-electron chi connectivity index (χ3n) is 1.85. The molecule has 1 aromatic heterocycles. The number of amides is 1. The number of aliphatic hydroxyl groups is 1. The zero-order valence-corrected chi connectivity index (χ0v) is 8.60. The van der Waals surface area contributed by atoms with Gasteiger partial charge in [-0.3, -0.25) is 9.78 Å². The van der Waals surface area contributed by atoms with Gasteiger partial charge in [-0.2, -0.15) is 0 Å². The molecule has 0 aliphatic rings. The van der Waals surface area contributed by atoms with Gasteiger partial charge in [-0.15, -0.1) is 0 Å². The fourth-order valence-corrected chi connectivity index (χ4v) is 1.01. The van der Waals surface area contributed by atoms with Crippen LogP contribution >= 0.6 is 0 Å². The molecule has 1 rings (SSSR count). The molecule has 1 amide bonds. The number of rotatable bonds is 4. The van der Waals surface area contributed by atoms with E-state index in [1.807, 2.05) is 0 Å². The lowest BCUT2D eigenvalue weighted by Gasteiger charge is -2.06. The molecule has 4 N–H and O–H groups in total. The Hall–Kier alpha value is -1.46. The molecular formula is C10H15N3O2. The van der Waals surface area contributed by atoms with Gasteiger partial charge >= 0.3 is 0 Å². The van der Waals surface area contributed by atoms with Crippen LogP contribution in [0.1, 0.15) is 23.0 Å². The summed E-state index contributed by atoms with van der Waals surface area (Å²) >= 11 is 0. The summed E-state index contributed by atoms with van der Waals surface area (Å²) in [5.41, 5.74) is 6.60. The summed E-state index contributed by atoms with van der Waals surface area (Å²) in [7, 11) is 0. The number of carbonyl (C=O) groups is 1. The van der Waals surface area contributed by atoms with Crippen molar-refractivity contribution in [3.8, 4) is 0 Å². The molecule has 5 nitrogen and oxygen atoms in total. The van der Waals surface area contributed by atoms with Gasteiger partial charge in [-0.1, -0.05) is 6.07 Å². The second kappa shape index (κ2) is 5.43. The Bertz CT molecular complexity index is 322. The first kappa shape index (κ1) is 11.6. The maximum absolute atomic E-state index is 11.4. The lowest BCUT2D eigenvalue weighted by Crippen LogP contribution is -2.31. The highest BCUT2D eigenvalue weighted by atomic mass is 16.3. The molecule has 0 fully saturated rings. The predicted octanol–water partition coefficient (Wildman–Crippen LogP) is -0.349. The van der Waals surface area contributed by atoms with Crippen LogP contribution in [-0.4, -0.2) is 28.6 Å². The minimum absolute atomic E-state index is 0.221. The highest BCUT2D eigenvalue weighted by molar-refractivity contribution is 5.92. The Balaban J connectivity index is 2.58. The van der Waals surface area contributed by atoms with Crippen molar-refractivity contribution in [3.05, 3.63) is 29.6 Å². The first-order valence-electron chi connectivity index (χ1n) is 4.74. The van der Waals surface area contributed by atoms with E-state index in [0.29, 0.717) is 12.2 Å². The summed E-state index contributed by atoms with van der Waals surface area (Å²) in [6, 6.07) is 3.36. The van der Waals surface area contributed by atoms with Crippen molar-refractivity contribution in [2.45, 2.75) is 19.6 Å². The van der Waals surface area contributed by atoms with E-state index in [1.165, 1.54) is 0 Å². The number of hydrogen-bond donors (Lipinski definition) is 3. The Kier molecular flexibility index (Phi) is 4.20. The second-order valence-electron chi connectivity index (χ2n) is 3.31. The van der Waals surface area contributed by atoms with Crippen LogP contribution in [0, 0.1) is 0 Å². The van der Waals surface area contributed by atoms with Gasteiger partial charge in [0.15, 0.2) is 0 Å². The monoisotopic (exact) mass is 209 g/mol. The highest BCUT2D eigenvalue weighted by Crippen LogP contribution is 1.99. The van der Waals surface area contributed by atoms with Gasteiger partial charge in [0.1, 0.15) is 5.69 Å². The molecule has 1 aromatic rings. The van der Waals surface area contributed by atoms with Crippen LogP contribution in [0.15, 0.2) is 18.3 Å². The van der Waals surface area contributed by atoms with Crippen LogP contribution in [0.2, 0.25) is 0 Å². The van der Waals surface area contributed by atoms with E-state index >= 15 is 0 Å². The Labute approximate surface area is 88.3 Å². The summed E-state index contributed by atoms with van der Waals surface area (Å²) in [5, 5.41) is 11.5. The summed E-state index contributed by atoms with van der Waals surface area (Å²) < 4.78 is 0. The van der Waals surface area contributed by atoms with Crippen molar-refractivity contribution < 1.29 is 9.90 Å². The van der Waals surface area contributed by atoms with Crippen LogP contribution < -0.4 is 11.1 Å². The number of aromatic nitrogens is 1. The zero-order valence-electron chi connectivity index (χ0n) is 8.60. The lowest BCUT2D eigenvalue weighted by molar-refractivity contribution is 0.0919. The van der Waals surface area contributed by atoms with Gasteiger partial charge in [0, 0.05) is 19.3 Å². The first-order chi connectivity index (χ1) is 7.13. The lowest BCUT2D eigenvalue weighted by atomic mass is 10.2. The molecule has 0 aromatic carbocycles. The van der Waals surface area contributed by atoms with E-state index in [1.54, 1.807) is 25.3 Å². The van der Waals surface area contributed by atoms with Crippen LogP contribution in [0.25, 0.3) is 0 Å². The van der Waals surface area contributed by atoms with E-state index in [0.717, 1.165) is 5.56 Å². The van der Waals surface area contributed by atoms with Crippen molar-refractivity contribution >= 4 is 5.91 Å². The molecule has 0 saturated carbocycles. The minimum Gasteiger partial charge on any atom is -0.392 e. The van der Waals surface area contributed by atoms with E-state index in [4.69, 9.17) is 10.8 Å². The number of nitrogens with zero attached hydrogens (tertiary/aromatic N) is 1. The highest BCUT2D eigenvalue weighted by Gasteiger charge is 2.07. The van der Waals surface area contributed by atoms with E-state index < -0.39 is 6.10 Å². The maximum atomic E-state index is 11.4. The van der Waals surface area contributed by atoms with E-state index in [9.17, 15) is 4.79 Å². The van der Waals surface area contributed by atoms with Crippen LogP contribution in [0.4, 0.5) is 0 Å². The average molecular weight is 209 g/mol. The van der Waals surface area contributed by atoms with Gasteiger partial charge in [0.05, 0.1) is 6.10 Å². The van der Waals surface area contributed by atoms with Gasteiger partial charge < -0.3 is 16.2 Å². The van der Waals surface area contributed by atoms with Crippen molar-refractivity contribution in [2.75, 3.05) is 6.54 Å². The van der Waals surface area contributed by atoms with E-state index in [2.05, 4.69) is 10.3 Å². The molecule has 0 spiro atoms. The summed E-state index contributed by atoms with van der Waals surface area (Å²) in [6.45, 7) is 2.23. The van der Waals surface area contributed by atoms with Crippen LogP contribution in [0.3, 0.4) is 0 Å². The molecule has 0 unspecified atom stereocenters. The quantitative estimate of drug-likeness (QED) is 0.632. The number of hydrogen-bond acceptors (Lipinski definition) is 4. The summed E-state index contributed by atoms with van der Waals surface area (Å²) in [6.07, 6.45) is 1.01. The second-order valence-corrected chi connectivity index (χ2v) is 3.31. The number of carbonyl (C=O) groups excluding carboxylic acids is 1. The fraction of sp³-hybridized carbons (Fsp3) is 0.400. The topological polar surface area (TPSA) is 88.2 Å². The third kappa shape index (κ3) is 3.65. The van der Waals surface area contributed by atoms with Crippen molar-refractivity contribution in [1.29, 1.82) is 0 Å². The minimum atomic E-state index is -0.558. The average Bonchev–Trinajstić information content (AvgIpc) is 2.26. The normalized spacial score (nSPS) is 12.2. The fourth-order valence-electron chi connectivity index (χ4n) is 1.01. The SMILES string of the molecule is C[C@@H](O)CNC(=O)c1ccc(CN)cn1. The Morgan fingerprint density at radius 2 is 2.40 bits per heavy atom. The maximum Gasteiger partial charge on any atom is 0.269 e. The largest absolute Gasteiger partial charge is 0.392 e. The third-order valence-corrected chi connectivity index (χ3v) is 1.85. The van der Waals surface area contributed by atoms with Crippen LogP contribution in [0.5, 0.6) is 0 Å². The Morgan fingerprint density at radius 3 is 2.87 bits per heavy atom. The molecule has 5 heteroatoms. The van der Waals surface area contributed by atoms with Crippen molar-refractivity contribution in [1.82, 2.24) is 10.3 Å². The van der Waals surface area contributed by atoms with Gasteiger partial charge in [-0.25, -0.2) is 0 Å². The molecule has 15 heavy (non-hydrogen) atoms. The van der Waals surface area contributed by atoms with Crippen LogP contribution in [-0.2, 0) is 6.54 Å². The number of aliphatic hydroxyl groups excluding tert-OH is 1. The first-order valence-corrected chi connectivity index (χ1v) is 4.74. The van der Waals surface area contributed by atoms with Gasteiger partial charge in [0.25, 0.3) is 5.91 Å². The van der Waals surface area contributed by atoms with Gasteiger partial charge in [0.2, 0.25) is 0 Å². The zero-order chi connectivity index (χ0) is 11.3. The number of nitrogens with one attached hydrogen (secondary N) is 1. The summed E-state index contributed by atoms with van der Waals surface area (Å²) in [4.78, 5) is 15.4. The smallest absolute Gasteiger partial charge is 0.269 e. The number of pyridine rings is 1. The number of nitrogens with two attached hydrogens (primary N) is 1. The van der Waals surface area contributed by atoms with Crippen molar-refractivity contribution in [2.24, 2.45) is 5.73 Å².